The number of hydrogen-bond acceptors (Lipinski definition) is 4. The smallest absolute Gasteiger partial charge is 0.0594 e. The molecular formula is C16H33N3O. The van der Waals surface area contributed by atoms with Crippen LogP contribution in [0, 0.1) is 0 Å². The van der Waals surface area contributed by atoms with Crippen LogP contribution in [0.3, 0.4) is 0 Å². The van der Waals surface area contributed by atoms with E-state index in [1.54, 1.807) is 0 Å². The van der Waals surface area contributed by atoms with Crippen LogP contribution in [-0.4, -0.2) is 73.9 Å². The highest BCUT2D eigenvalue weighted by Gasteiger charge is 2.30. The van der Waals surface area contributed by atoms with Crippen molar-refractivity contribution >= 4 is 0 Å². The molecule has 2 heterocycles. The molecule has 2 unspecified atom stereocenters. The highest BCUT2D eigenvalue weighted by atomic mass is 16.5. The fraction of sp³-hybridized carbons (Fsp3) is 1.00. The summed E-state index contributed by atoms with van der Waals surface area (Å²) >= 11 is 0. The molecule has 2 saturated heterocycles. The summed E-state index contributed by atoms with van der Waals surface area (Å²) in [5, 5.41) is 3.51. The maximum absolute atomic E-state index is 5.46. The van der Waals surface area contributed by atoms with E-state index in [9.17, 15) is 0 Å². The summed E-state index contributed by atoms with van der Waals surface area (Å²) in [5.74, 6) is 0. The second-order valence-corrected chi connectivity index (χ2v) is 6.69. The van der Waals surface area contributed by atoms with Crippen molar-refractivity contribution in [2.24, 2.45) is 0 Å². The minimum absolute atomic E-state index is 0.614. The third kappa shape index (κ3) is 4.99. The molecule has 0 saturated carbocycles. The van der Waals surface area contributed by atoms with Crippen molar-refractivity contribution in [3.8, 4) is 0 Å². The van der Waals surface area contributed by atoms with E-state index >= 15 is 0 Å². The number of nitrogens with one attached hydrogen (secondary N) is 1. The van der Waals surface area contributed by atoms with Crippen molar-refractivity contribution in [1.29, 1.82) is 0 Å². The molecule has 0 spiro atoms. The van der Waals surface area contributed by atoms with Gasteiger partial charge in [-0.2, -0.15) is 0 Å². The second-order valence-electron chi connectivity index (χ2n) is 6.69. The van der Waals surface area contributed by atoms with Crippen LogP contribution in [-0.2, 0) is 4.74 Å². The van der Waals surface area contributed by atoms with Gasteiger partial charge in [0.2, 0.25) is 0 Å². The monoisotopic (exact) mass is 283 g/mol. The highest BCUT2D eigenvalue weighted by molar-refractivity contribution is 4.86. The maximum Gasteiger partial charge on any atom is 0.0594 e. The highest BCUT2D eigenvalue weighted by Crippen LogP contribution is 2.20. The molecule has 2 aliphatic rings. The summed E-state index contributed by atoms with van der Waals surface area (Å²) in [7, 11) is 0. The zero-order chi connectivity index (χ0) is 14.4. The average molecular weight is 283 g/mol. The zero-order valence-corrected chi connectivity index (χ0v) is 13.6. The first-order chi connectivity index (χ1) is 9.66. The van der Waals surface area contributed by atoms with Gasteiger partial charge in [-0.1, -0.05) is 13.8 Å². The lowest BCUT2D eigenvalue weighted by Crippen LogP contribution is -2.45. The van der Waals surface area contributed by atoms with Crippen LogP contribution in [0.5, 0.6) is 0 Å². The largest absolute Gasteiger partial charge is 0.379 e. The molecule has 0 amide bonds. The fourth-order valence-corrected chi connectivity index (χ4v) is 3.38. The Bertz CT molecular complexity index is 266. The summed E-state index contributed by atoms with van der Waals surface area (Å²) in [6, 6.07) is 2.12. The van der Waals surface area contributed by atoms with Gasteiger partial charge in [0.1, 0.15) is 0 Å². The summed E-state index contributed by atoms with van der Waals surface area (Å²) in [4.78, 5) is 5.33. The number of hydrogen-bond donors (Lipinski definition) is 1. The van der Waals surface area contributed by atoms with E-state index in [4.69, 9.17) is 4.74 Å². The van der Waals surface area contributed by atoms with E-state index in [1.807, 2.05) is 0 Å². The number of rotatable bonds is 7. The Morgan fingerprint density at radius 1 is 1.15 bits per heavy atom. The van der Waals surface area contributed by atoms with Gasteiger partial charge in [-0.3, -0.25) is 9.80 Å². The van der Waals surface area contributed by atoms with Gasteiger partial charge in [0.15, 0.2) is 0 Å². The van der Waals surface area contributed by atoms with Crippen molar-refractivity contribution in [3.63, 3.8) is 0 Å². The van der Waals surface area contributed by atoms with Crippen LogP contribution in [0.2, 0.25) is 0 Å². The third-order valence-corrected chi connectivity index (χ3v) is 4.73. The number of morpholine rings is 1. The van der Waals surface area contributed by atoms with Gasteiger partial charge in [-0.15, -0.1) is 0 Å². The Morgan fingerprint density at radius 3 is 2.60 bits per heavy atom. The normalized spacial score (nSPS) is 27.3. The van der Waals surface area contributed by atoms with Crippen LogP contribution in [0.1, 0.15) is 40.0 Å². The molecule has 2 atom stereocenters. The molecule has 2 aliphatic heterocycles. The molecule has 118 valence electrons. The van der Waals surface area contributed by atoms with Crippen LogP contribution in [0.15, 0.2) is 0 Å². The molecule has 0 aromatic carbocycles. The average Bonchev–Trinajstić information content (AvgIpc) is 2.94. The van der Waals surface area contributed by atoms with Gasteiger partial charge in [0, 0.05) is 44.3 Å². The van der Waals surface area contributed by atoms with E-state index in [1.165, 1.54) is 32.4 Å². The molecule has 0 radical (unpaired) electrons. The molecule has 20 heavy (non-hydrogen) atoms. The molecule has 0 aromatic heterocycles. The lowest BCUT2D eigenvalue weighted by molar-refractivity contribution is 0.0177. The van der Waals surface area contributed by atoms with Gasteiger partial charge < -0.3 is 10.1 Å². The summed E-state index contributed by atoms with van der Waals surface area (Å²) in [5.41, 5.74) is 0. The van der Waals surface area contributed by atoms with Crippen LogP contribution >= 0.6 is 0 Å². The first kappa shape index (κ1) is 16.2. The van der Waals surface area contributed by atoms with Gasteiger partial charge in [0.05, 0.1) is 13.2 Å². The predicted octanol–water partition coefficient (Wildman–Crippen LogP) is 1.56. The molecule has 2 rings (SSSR count). The minimum atomic E-state index is 0.614. The Morgan fingerprint density at radius 2 is 1.90 bits per heavy atom. The quantitative estimate of drug-likeness (QED) is 0.718. The van der Waals surface area contributed by atoms with E-state index in [2.05, 4.69) is 35.9 Å². The van der Waals surface area contributed by atoms with Crippen molar-refractivity contribution < 1.29 is 4.74 Å². The zero-order valence-electron chi connectivity index (χ0n) is 13.6. The van der Waals surface area contributed by atoms with E-state index < -0.39 is 0 Å². The standard InChI is InChI=1S/C16H33N3O/c1-14(2)17-7-4-5-15(3)19-8-6-16(13-19)18-9-11-20-12-10-18/h14-17H,4-13H2,1-3H3. The van der Waals surface area contributed by atoms with Crippen molar-refractivity contribution in [3.05, 3.63) is 0 Å². The van der Waals surface area contributed by atoms with Crippen LogP contribution in [0.25, 0.3) is 0 Å². The lowest BCUT2D eigenvalue weighted by atomic mass is 10.1. The Hall–Kier alpha value is -0.160. The Kier molecular flexibility index (Phi) is 6.75. The van der Waals surface area contributed by atoms with Gasteiger partial charge in [-0.05, 0) is 32.7 Å². The van der Waals surface area contributed by atoms with Crippen LogP contribution < -0.4 is 5.32 Å². The van der Waals surface area contributed by atoms with Crippen molar-refractivity contribution in [2.45, 2.75) is 58.2 Å². The summed E-state index contributed by atoms with van der Waals surface area (Å²) in [6.45, 7) is 14.6. The van der Waals surface area contributed by atoms with Crippen molar-refractivity contribution in [2.75, 3.05) is 45.9 Å². The lowest BCUT2D eigenvalue weighted by Gasteiger charge is -2.33. The fourth-order valence-electron chi connectivity index (χ4n) is 3.38. The molecule has 0 bridgehead atoms. The SMILES string of the molecule is CC(C)NCCCC(C)N1CCC(N2CCOCC2)C1. The van der Waals surface area contributed by atoms with E-state index in [-0.39, 0.29) is 0 Å². The number of ether oxygens (including phenoxy) is 1. The molecular weight excluding hydrogens is 250 g/mol. The molecule has 1 N–H and O–H groups in total. The number of nitrogens with zero attached hydrogens (tertiary/aromatic N) is 2. The molecule has 0 aliphatic carbocycles. The molecule has 0 aromatic rings. The molecule has 4 heteroatoms. The maximum atomic E-state index is 5.46. The molecule has 4 nitrogen and oxygen atoms in total. The summed E-state index contributed by atoms with van der Waals surface area (Å²) < 4.78 is 5.46. The Balaban J connectivity index is 1.63. The minimum Gasteiger partial charge on any atom is -0.379 e. The topological polar surface area (TPSA) is 27.7 Å². The van der Waals surface area contributed by atoms with E-state index in [0.29, 0.717) is 6.04 Å². The third-order valence-electron chi connectivity index (χ3n) is 4.73. The first-order valence-electron chi connectivity index (χ1n) is 8.46. The van der Waals surface area contributed by atoms with Crippen molar-refractivity contribution in [1.82, 2.24) is 15.1 Å². The summed E-state index contributed by atoms with van der Waals surface area (Å²) in [6.07, 6.45) is 3.95. The van der Waals surface area contributed by atoms with Crippen LogP contribution in [0.4, 0.5) is 0 Å². The van der Waals surface area contributed by atoms with E-state index in [0.717, 1.165) is 44.9 Å². The number of likely N-dealkylation sites (tertiary alicyclic amines) is 1. The molecule has 2 fully saturated rings. The van der Waals surface area contributed by atoms with Gasteiger partial charge >= 0.3 is 0 Å². The van der Waals surface area contributed by atoms with Gasteiger partial charge in [-0.25, -0.2) is 0 Å². The second kappa shape index (κ2) is 8.32. The van der Waals surface area contributed by atoms with Gasteiger partial charge in [0.25, 0.3) is 0 Å². The first-order valence-corrected chi connectivity index (χ1v) is 8.46. The predicted molar refractivity (Wildman–Crippen MR) is 84.2 cm³/mol. The Labute approximate surface area is 124 Å².